The molecule has 5 rings (SSSR count). The van der Waals surface area contributed by atoms with Gasteiger partial charge in [0, 0.05) is 40.5 Å². The summed E-state index contributed by atoms with van der Waals surface area (Å²) in [4.78, 5) is 42.2. The van der Waals surface area contributed by atoms with E-state index in [1.54, 1.807) is 47.4 Å². The molecule has 0 aliphatic carbocycles. The van der Waals surface area contributed by atoms with Crippen LogP contribution in [0, 0.1) is 0 Å². The lowest BCUT2D eigenvalue weighted by Crippen LogP contribution is -2.28. The molecule has 2 N–H and O–H groups in total. The number of hydrogen-bond donors (Lipinski definition) is 2. The second kappa shape index (κ2) is 7.57. The fourth-order valence-corrected chi connectivity index (χ4v) is 3.99. The van der Waals surface area contributed by atoms with E-state index in [9.17, 15) is 14.4 Å². The van der Waals surface area contributed by atoms with Crippen LogP contribution in [0.15, 0.2) is 83.7 Å². The Balaban J connectivity index is 1.36. The molecule has 6 nitrogen and oxygen atoms in total. The Hall–Kier alpha value is -4.19. The molecule has 1 aliphatic heterocycles. The molecule has 0 atom stereocenters. The Kier molecular flexibility index (Phi) is 4.59. The molecular formula is C25H19N3O3. The fraction of sp³-hybridized carbons (Fsp3) is 0.0800. The Morgan fingerprint density at radius 2 is 1.65 bits per heavy atom. The van der Waals surface area contributed by atoms with Crippen LogP contribution in [0.4, 0.5) is 11.4 Å². The molecule has 2 amide bonds. The van der Waals surface area contributed by atoms with Crippen LogP contribution < -0.4 is 15.8 Å². The molecule has 0 saturated heterocycles. The van der Waals surface area contributed by atoms with Gasteiger partial charge in [0.1, 0.15) is 0 Å². The van der Waals surface area contributed by atoms with Gasteiger partial charge in [0.2, 0.25) is 5.56 Å². The maximum absolute atomic E-state index is 12.9. The third kappa shape index (κ3) is 3.48. The van der Waals surface area contributed by atoms with Crippen molar-refractivity contribution in [3.05, 3.63) is 106 Å². The van der Waals surface area contributed by atoms with Crippen LogP contribution >= 0.6 is 0 Å². The SMILES string of the molecule is O=C(Nc1ccc(C(=O)N2CCc3ccccc32)cc1)c1cc(=O)[nH]c2ccccc12. The number of benzene rings is 3. The van der Waals surface area contributed by atoms with Crippen LogP contribution in [-0.4, -0.2) is 23.3 Å². The lowest BCUT2D eigenvalue weighted by atomic mass is 10.1. The van der Waals surface area contributed by atoms with Crippen LogP contribution in [0.3, 0.4) is 0 Å². The summed E-state index contributed by atoms with van der Waals surface area (Å²) in [5.74, 6) is -0.446. The van der Waals surface area contributed by atoms with Gasteiger partial charge < -0.3 is 15.2 Å². The van der Waals surface area contributed by atoms with E-state index in [2.05, 4.69) is 10.3 Å². The Morgan fingerprint density at radius 3 is 2.48 bits per heavy atom. The maximum Gasteiger partial charge on any atom is 0.258 e. The number of carbonyl (C=O) groups is 2. The fourth-order valence-electron chi connectivity index (χ4n) is 3.99. The summed E-state index contributed by atoms with van der Waals surface area (Å²) in [6.45, 7) is 0.659. The quantitative estimate of drug-likeness (QED) is 0.537. The summed E-state index contributed by atoms with van der Waals surface area (Å²) in [5, 5.41) is 3.48. The number of aromatic nitrogens is 1. The summed E-state index contributed by atoms with van der Waals surface area (Å²) in [5.41, 5.74) is 3.79. The van der Waals surface area contributed by atoms with Crippen LogP contribution in [0.5, 0.6) is 0 Å². The number of pyridine rings is 1. The molecule has 152 valence electrons. The first-order valence-electron chi connectivity index (χ1n) is 10.0. The summed E-state index contributed by atoms with van der Waals surface area (Å²) < 4.78 is 0. The third-order valence-corrected chi connectivity index (χ3v) is 5.52. The second-order valence-corrected chi connectivity index (χ2v) is 7.46. The van der Waals surface area contributed by atoms with Crippen molar-refractivity contribution in [3.63, 3.8) is 0 Å². The third-order valence-electron chi connectivity index (χ3n) is 5.52. The smallest absolute Gasteiger partial charge is 0.258 e. The van der Waals surface area contributed by atoms with Gasteiger partial charge in [-0.05, 0) is 48.4 Å². The number of para-hydroxylation sites is 2. The highest BCUT2D eigenvalue weighted by atomic mass is 16.2. The monoisotopic (exact) mass is 409 g/mol. The Morgan fingerprint density at radius 1 is 0.903 bits per heavy atom. The van der Waals surface area contributed by atoms with Gasteiger partial charge >= 0.3 is 0 Å². The standard InChI is InChI=1S/C25H19N3O3/c29-23-15-20(19-6-2-3-7-21(19)27-23)24(30)26-18-11-9-17(10-12-18)25(31)28-14-13-16-5-1-4-8-22(16)28/h1-12,15H,13-14H2,(H,26,30)(H,27,29). The van der Waals surface area contributed by atoms with Crippen molar-refractivity contribution in [2.75, 3.05) is 16.8 Å². The molecule has 6 heteroatoms. The van der Waals surface area contributed by atoms with E-state index in [0.29, 0.717) is 34.3 Å². The topological polar surface area (TPSA) is 82.3 Å². The first-order chi connectivity index (χ1) is 15.1. The average Bonchev–Trinajstić information content (AvgIpc) is 3.22. The molecule has 3 aromatic carbocycles. The number of nitrogens with zero attached hydrogens (tertiary/aromatic N) is 1. The summed E-state index contributed by atoms with van der Waals surface area (Å²) >= 11 is 0. The number of rotatable bonds is 3. The number of anilines is 2. The van der Waals surface area contributed by atoms with Crippen LogP contribution in [-0.2, 0) is 6.42 Å². The summed E-state index contributed by atoms with van der Waals surface area (Å²) in [6.07, 6.45) is 0.847. The van der Waals surface area contributed by atoms with E-state index in [4.69, 9.17) is 0 Å². The van der Waals surface area contributed by atoms with Gasteiger partial charge in [-0.1, -0.05) is 36.4 Å². The minimum Gasteiger partial charge on any atom is -0.322 e. The van der Waals surface area contributed by atoms with Gasteiger partial charge in [0.25, 0.3) is 11.8 Å². The normalized spacial score (nSPS) is 12.6. The van der Waals surface area contributed by atoms with Gasteiger partial charge in [-0.3, -0.25) is 14.4 Å². The van der Waals surface area contributed by atoms with E-state index < -0.39 is 0 Å². The molecule has 31 heavy (non-hydrogen) atoms. The number of carbonyl (C=O) groups excluding carboxylic acids is 2. The molecule has 0 radical (unpaired) electrons. The van der Waals surface area contributed by atoms with Crippen molar-refractivity contribution in [1.29, 1.82) is 0 Å². The lowest BCUT2D eigenvalue weighted by molar-refractivity contribution is 0.0988. The number of amides is 2. The lowest BCUT2D eigenvalue weighted by Gasteiger charge is -2.17. The van der Waals surface area contributed by atoms with Crippen molar-refractivity contribution in [1.82, 2.24) is 4.98 Å². The van der Waals surface area contributed by atoms with Gasteiger partial charge in [0.05, 0.1) is 5.56 Å². The van der Waals surface area contributed by atoms with Crippen LogP contribution in [0.25, 0.3) is 10.9 Å². The predicted octanol–water partition coefficient (Wildman–Crippen LogP) is 3.98. The van der Waals surface area contributed by atoms with Gasteiger partial charge in [0.15, 0.2) is 0 Å². The van der Waals surface area contributed by atoms with Gasteiger partial charge in [-0.2, -0.15) is 0 Å². The van der Waals surface area contributed by atoms with Crippen LogP contribution in [0.2, 0.25) is 0 Å². The van der Waals surface area contributed by atoms with E-state index >= 15 is 0 Å². The summed E-state index contributed by atoms with van der Waals surface area (Å²) in [6, 6.07) is 23.2. The summed E-state index contributed by atoms with van der Waals surface area (Å²) in [7, 11) is 0. The molecule has 2 heterocycles. The number of nitrogens with one attached hydrogen (secondary N) is 2. The van der Waals surface area contributed by atoms with E-state index in [1.165, 1.54) is 11.6 Å². The average molecular weight is 409 g/mol. The Labute approximate surface area is 178 Å². The largest absolute Gasteiger partial charge is 0.322 e. The number of H-pyrrole nitrogens is 1. The van der Waals surface area contributed by atoms with Crippen molar-refractivity contribution >= 4 is 34.1 Å². The zero-order valence-corrected chi connectivity index (χ0v) is 16.6. The number of hydrogen-bond acceptors (Lipinski definition) is 3. The highest BCUT2D eigenvalue weighted by molar-refractivity contribution is 6.12. The zero-order chi connectivity index (χ0) is 21.4. The molecular weight excluding hydrogens is 390 g/mol. The molecule has 0 fully saturated rings. The highest BCUT2D eigenvalue weighted by Crippen LogP contribution is 2.29. The van der Waals surface area contributed by atoms with E-state index in [1.807, 2.05) is 30.3 Å². The van der Waals surface area contributed by atoms with Crippen LogP contribution in [0.1, 0.15) is 26.3 Å². The number of fused-ring (bicyclic) bond motifs is 2. The maximum atomic E-state index is 12.9. The minimum absolute atomic E-state index is 0.0663. The molecule has 1 aromatic heterocycles. The molecule has 0 bridgehead atoms. The zero-order valence-electron chi connectivity index (χ0n) is 16.6. The van der Waals surface area contributed by atoms with E-state index in [0.717, 1.165) is 12.1 Å². The molecule has 0 spiro atoms. The van der Waals surface area contributed by atoms with Crippen molar-refractivity contribution < 1.29 is 9.59 Å². The second-order valence-electron chi connectivity index (χ2n) is 7.46. The molecule has 0 unspecified atom stereocenters. The predicted molar refractivity (Wildman–Crippen MR) is 121 cm³/mol. The van der Waals surface area contributed by atoms with Crippen molar-refractivity contribution in [2.24, 2.45) is 0 Å². The van der Waals surface area contributed by atoms with Gasteiger partial charge in [-0.25, -0.2) is 0 Å². The molecule has 4 aromatic rings. The Bertz CT molecular complexity index is 1370. The first-order valence-corrected chi connectivity index (χ1v) is 10.0. The van der Waals surface area contributed by atoms with Crippen molar-refractivity contribution in [2.45, 2.75) is 6.42 Å². The highest BCUT2D eigenvalue weighted by Gasteiger charge is 2.25. The van der Waals surface area contributed by atoms with Crippen molar-refractivity contribution in [3.8, 4) is 0 Å². The minimum atomic E-state index is -0.380. The molecule has 0 saturated carbocycles. The number of aromatic amines is 1. The first kappa shape index (κ1) is 18.8. The van der Waals surface area contributed by atoms with E-state index in [-0.39, 0.29) is 17.4 Å². The molecule has 1 aliphatic rings. The van der Waals surface area contributed by atoms with Gasteiger partial charge in [-0.15, -0.1) is 0 Å².